The van der Waals surface area contributed by atoms with E-state index in [0.29, 0.717) is 16.8 Å². The molecule has 0 aromatic heterocycles. The van der Waals surface area contributed by atoms with Crippen molar-refractivity contribution in [2.24, 2.45) is 0 Å². The lowest BCUT2D eigenvalue weighted by Crippen LogP contribution is -2.20. The quantitative estimate of drug-likeness (QED) is 0.458. The number of carbonyl (C=O) groups is 2. The highest BCUT2D eigenvalue weighted by molar-refractivity contribution is 6.05. The Kier molecular flexibility index (Phi) is 6.67. The zero-order valence-electron chi connectivity index (χ0n) is 17.2. The number of hydrogen-bond acceptors (Lipinski definition) is 3. The van der Waals surface area contributed by atoms with Crippen LogP contribution >= 0.6 is 0 Å². The van der Waals surface area contributed by atoms with E-state index in [9.17, 15) is 22.8 Å². The van der Waals surface area contributed by atoms with Gasteiger partial charge in [-0.1, -0.05) is 24.3 Å². The van der Waals surface area contributed by atoms with Crippen LogP contribution in [0.4, 0.5) is 35.0 Å². The van der Waals surface area contributed by atoms with E-state index in [1.165, 1.54) is 19.2 Å². The molecule has 0 bridgehead atoms. The number of halogens is 3. The summed E-state index contributed by atoms with van der Waals surface area (Å²) >= 11 is 0. The maximum Gasteiger partial charge on any atom is 0.416 e. The topological polar surface area (TPSA) is 79.5 Å². The fraction of sp³-hybridized carbons (Fsp3) is 0.130. The molecule has 3 amide bonds. The van der Waals surface area contributed by atoms with E-state index in [0.717, 1.165) is 12.1 Å². The predicted octanol–water partition coefficient (Wildman–Crippen LogP) is 5.92. The molecule has 0 fully saturated rings. The molecule has 0 saturated heterocycles. The van der Waals surface area contributed by atoms with Crippen molar-refractivity contribution >= 4 is 29.0 Å². The Labute approximate surface area is 182 Å². The van der Waals surface area contributed by atoms with Gasteiger partial charge in [0, 0.05) is 23.0 Å². The number of hydrogen-bond donors (Lipinski definition) is 3. The van der Waals surface area contributed by atoms with Gasteiger partial charge in [0.05, 0.1) is 18.4 Å². The molecule has 3 rings (SSSR count). The van der Waals surface area contributed by atoms with Crippen molar-refractivity contribution in [2.75, 3.05) is 23.1 Å². The highest BCUT2D eigenvalue weighted by Gasteiger charge is 2.30. The fourth-order valence-corrected chi connectivity index (χ4v) is 2.93. The van der Waals surface area contributed by atoms with E-state index in [-0.39, 0.29) is 23.0 Å². The van der Waals surface area contributed by atoms with Crippen LogP contribution in [0, 0.1) is 6.92 Å². The lowest BCUT2D eigenvalue weighted by atomic mass is 10.1. The minimum Gasteiger partial charge on any atom is -0.494 e. The lowest BCUT2D eigenvalue weighted by Gasteiger charge is -2.16. The minimum atomic E-state index is -4.52. The van der Waals surface area contributed by atoms with Crippen LogP contribution in [-0.4, -0.2) is 19.0 Å². The minimum absolute atomic E-state index is 0.0141. The van der Waals surface area contributed by atoms with Gasteiger partial charge in [-0.15, -0.1) is 0 Å². The summed E-state index contributed by atoms with van der Waals surface area (Å²) in [6.45, 7) is 1.73. The molecule has 9 heteroatoms. The Morgan fingerprint density at radius 3 is 2.22 bits per heavy atom. The summed E-state index contributed by atoms with van der Waals surface area (Å²) in [6, 6.07) is 15.3. The molecule has 0 unspecified atom stereocenters. The van der Waals surface area contributed by atoms with E-state index in [1.807, 2.05) is 0 Å². The van der Waals surface area contributed by atoms with Crippen molar-refractivity contribution < 1.29 is 27.5 Å². The van der Waals surface area contributed by atoms with Crippen molar-refractivity contribution in [3.63, 3.8) is 0 Å². The van der Waals surface area contributed by atoms with Crippen LogP contribution in [0.15, 0.2) is 66.7 Å². The van der Waals surface area contributed by atoms with Crippen LogP contribution in [-0.2, 0) is 6.18 Å². The molecule has 32 heavy (non-hydrogen) atoms. The van der Waals surface area contributed by atoms with E-state index in [1.54, 1.807) is 49.4 Å². The van der Waals surface area contributed by atoms with Crippen molar-refractivity contribution in [1.82, 2.24) is 0 Å². The van der Waals surface area contributed by atoms with Gasteiger partial charge in [-0.2, -0.15) is 13.2 Å². The largest absolute Gasteiger partial charge is 0.494 e. The first-order valence-electron chi connectivity index (χ1n) is 9.47. The van der Waals surface area contributed by atoms with Gasteiger partial charge in [-0.3, -0.25) is 4.79 Å². The van der Waals surface area contributed by atoms with E-state index in [2.05, 4.69) is 16.0 Å². The number of benzene rings is 3. The second-order valence-corrected chi connectivity index (χ2v) is 6.85. The summed E-state index contributed by atoms with van der Waals surface area (Å²) < 4.78 is 43.9. The number of alkyl halides is 3. The molecule has 3 aromatic rings. The normalized spacial score (nSPS) is 10.9. The summed E-state index contributed by atoms with van der Waals surface area (Å²) in [5.41, 5.74) is 1.01. The SMILES string of the molecule is COc1cc(NC(=O)c2ccccc2)c(C)cc1NC(=O)Nc1cccc(C(F)(F)F)c1. The predicted molar refractivity (Wildman–Crippen MR) is 116 cm³/mol. The Balaban J connectivity index is 1.75. The Morgan fingerprint density at radius 2 is 1.56 bits per heavy atom. The lowest BCUT2D eigenvalue weighted by molar-refractivity contribution is -0.137. The van der Waals surface area contributed by atoms with Crippen molar-refractivity contribution in [2.45, 2.75) is 13.1 Å². The fourth-order valence-electron chi connectivity index (χ4n) is 2.93. The molecular weight excluding hydrogens is 423 g/mol. The number of aryl methyl sites for hydroxylation is 1. The third kappa shape index (κ3) is 5.57. The average Bonchev–Trinajstić information content (AvgIpc) is 2.75. The molecule has 0 saturated carbocycles. The Hall–Kier alpha value is -4.01. The highest BCUT2D eigenvalue weighted by Crippen LogP contribution is 2.33. The van der Waals surface area contributed by atoms with Gasteiger partial charge in [0.15, 0.2) is 0 Å². The number of urea groups is 1. The van der Waals surface area contributed by atoms with Crippen LogP contribution in [0.5, 0.6) is 5.75 Å². The van der Waals surface area contributed by atoms with Gasteiger partial charge in [0.25, 0.3) is 5.91 Å². The number of methoxy groups -OCH3 is 1. The first-order valence-corrected chi connectivity index (χ1v) is 9.47. The highest BCUT2D eigenvalue weighted by atomic mass is 19.4. The van der Waals surface area contributed by atoms with Crippen molar-refractivity contribution in [3.8, 4) is 5.75 Å². The molecule has 0 radical (unpaired) electrons. The number of ether oxygens (including phenoxy) is 1. The summed E-state index contributed by atoms with van der Waals surface area (Å²) in [4.78, 5) is 24.8. The van der Waals surface area contributed by atoms with Gasteiger partial charge in [-0.05, 0) is 48.9 Å². The summed E-state index contributed by atoms with van der Waals surface area (Å²) in [5, 5.41) is 7.71. The molecule has 3 N–H and O–H groups in total. The monoisotopic (exact) mass is 443 g/mol. The molecule has 0 spiro atoms. The zero-order chi connectivity index (χ0) is 23.3. The van der Waals surface area contributed by atoms with Crippen LogP contribution in [0.25, 0.3) is 0 Å². The van der Waals surface area contributed by atoms with E-state index >= 15 is 0 Å². The van der Waals surface area contributed by atoms with Crippen LogP contribution in [0.1, 0.15) is 21.5 Å². The van der Waals surface area contributed by atoms with Gasteiger partial charge in [0.1, 0.15) is 5.75 Å². The Bertz CT molecular complexity index is 1130. The second kappa shape index (κ2) is 9.42. The van der Waals surface area contributed by atoms with Gasteiger partial charge in [-0.25, -0.2) is 4.79 Å². The second-order valence-electron chi connectivity index (χ2n) is 6.85. The van der Waals surface area contributed by atoms with Crippen LogP contribution in [0.2, 0.25) is 0 Å². The van der Waals surface area contributed by atoms with Gasteiger partial charge in [0.2, 0.25) is 0 Å². The van der Waals surface area contributed by atoms with Crippen molar-refractivity contribution in [1.29, 1.82) is 0 Å². The number of anilines is 3. The zero-order valence-corrected chi connectivity index (χ0v) is 17.2. The third-order valence-electron chi connectivity index (χ3n) is 4.53. The number of amides is 3. The Morgan fingerprint density at radius 1 is 0.844 bits per heavy atom. The molecule has 0 atom stereocenters. The van der Waals surface area contributed by atoms with Crippen LogP contribution < -0.4 is 20.7 Å². The third-order valence-corrected chi connectivity index (χ3v) is 4.53. The molecule has 0 aliphatic heterocycles. The van der Waals surface area contributed by atoms with Crippen molar-refractivity contribution in [3.05, 3.63) is 83.4 Å². The first-order chi connectivity index (χ1) is 15.2. The molecule has 3 aromatic carbocycles. The molecule has 166 valence electrons. The number of nitrogens with one attached hydrogen (secondary N) is 3. The summed E-state index contributed by atoms with van der Waals surface area (Å²) in [7, 11) is 1.39. The molecular formula is C23H20F3N3O3. The molecule has 0 aliphatic carbocycles. The molecule has 6 nitrogen and oxygen atoms in total. The first kappa shape index (κ1) is 22.7. The average molecular weight is 443 g/mol. The van der Waals surface area contributed by atoms with Gasteiger partial charge < -0.3 is 20.7 Å². The maximum atomic E-state index is 12.9. The smallest absolute Gasteiger partial charge is 0.416 e. The van der Waals surface area contributed by atoms with Gasteiger partial charge >= 0.3 is 12.2 Å². The van der Waals surface area contributed by atoms with Crippen LogP contribution in [0.3, 0.4) is 0 Å². The van der Waals surface area contributed by atoms with E-state index < -0.39 is 17.8 Å². The number of carbonyl (C=O) groups excluding carboxylic acids is 2. The number of rotatable bonds is 5. The van der Waals surface area contributed by atoms with E-state index in [4.69, 9.17) is 4.74 Å². The molecule has 0 heterocycles. The standard InChI is InChI=1S/C23H20F3N3O3/c1-14-11-19(29-22(31)27-17-10-6-9-16(12-17)23(24,25)26)20(32-2)13-18(14)28-21(30)15-7-4-3-5-8-15/h3-13H,1-2H3,(H,28,30)(H2,27,29,31). The summed E-state index contributed by atoms with van der Waals surface area (Å²) in [6.07, 6.45) is -4.52. The molecule has 0 aliphatic rings. The maximum absolute atomic E-state index is 12.9. The summed E-state index contributed by atoms with van der Waals surface area (Å²) in [5.74, 6) is -0.0445.